The first-order valence-corrected chi connectivity index (χ1v) is 10.9. The van der Waals surface area contributed by atoms with Gasteiger partial charge < -0.3 is 5.32 Å². The molecule has 0 saturated carbocycles. The summed E-state index contributed by atoms with van der Waals surface area (Å²) in [6.45, 7) is 2.64. The fraction of sp³-hybridized carbons (Fsp3) is 0.154. The number of anilines is 1. The lowest BCUT2D eigenvalue weighted by Crippen LogP contribution is -2.39. The number of allylic oxidation sites excluding steroid dienone is 1. The molecule has 7 heteroatoms. The lowest BCUT2D eigenvalue weighted by molar-refractivity contribution is -0.119. The molecule has 33 heavy (non-hydrogen) atoms. The Labute approximate surface area is 192 Å². The summed E-state index contributed by atoms with van der Waals surface area (Å²) in [4.78, 5) is 14.8. The maximum Gasteiger partial charge on any atom is 0.251 e. The van der Waals surface area contributed by atoms with Gasteiger partial charge in [-0.05, 0) is 40.1 Å². The molecule has 1 aliphatic heterocycles. The molecule has 1 aromatic heterocycles. The zero-order valence-electron chi connectivity index (χ0n) is 18.3. The Hall–Kier alpha value is -4.26. The third kappa shape index (κ3) is 4.39. The van der Waals surface area contributed by atoms with Gasteiger partial charge in [-0.25, -0.2) is 0 Å². The van der Waals surface area contributed by atoms with E-state index in [1.54, 1.807) is 4.68 Å². The highest BCUT2D eigenvalue weighted by Crippen LogP contribution is 2.36. The van der Waals surface area contributed by atoms with Crippen LogP contribution in [0.4, 0.5) is 5.95 Å². The number of nitrogens with one attached hydrogen (secondary N) is 1. The minimum absolute atomic E-state index is 0.106. The smallest absolute Gasteiger partial charge is 0.251 e. The lowest BCUT2D eigenvalue weighted by atomic mass is 10.00. The fourth-order valence-electron chi connectivity index (χ4n) is 3.98. The van der Waals surface area contributed by atoms with Crippen LogP contribution in [0.2, 0.25) is 0 Å². The standard InChI is InChI=1S/C26H24N6O/c1-19-12-14-22(15-13-19)24-16-23(21-10-6-3-7-11-21)31(26-28-29-30-32(24)26)18-25(33)27-17-20-8-4-2-5-9-20/h2-16,24H,17-18H2,1H3,(H,27,33)/t24-/m1/s1. The number of benzene rings is 3. The molecule has 0 bridgehead atoms. The van der Waals surface area contributed by atoms with Crippen LogP contribution in [0, 0.1) is 6.92 Å². The van der Waals surface area contributed by atoms with Crippen molar-refractivity contribution in [2.75, 3.05) is 11.4 Å². The van der Waals surface area contributed by atoms with Crippen molar-refractivity contribution in [1.82, 2.24) is 25.5 Å². The number of carbonyl (C=O) groups is 1. The van der Waals surface area contributed by atoms with Gasteiger partial charge in [0.2, 0.25) is 5.91 Å². The summed E-state index contributed by atoms with van der Waals surface area (Å²) in [5.74, 6) is 0.431. The number of fused-ring (bicyclic) bond motifs is 1. The summed E-state index contributed by atoms with van der Waals surface area (Å²) in [6.07, 6.45) is 2.12. The van der Waals surface area contributed by atoms with Crippen molar-refractivity contribution in [1.29, 1.82) is 0 Å². The second-order valence-electron chi connectivity index (χ2n) is 8.05. The quantitative estimate of drug-likeness (QED) is 0.498. The van der Waals surface area contributed by atoms with Crippen LogP contribution >= 0.6 is 0 Å². The zero-order chi connectivity index (χ0) is 22.6. The predicted octanol–water partition coefficient (Wildman–Crippen LogP) is 3.75. The molecule has 4 aromatic rings. The molecule has 0 fully saturated rings. The second kappa shape index (κ2) is 9.08. The largest absolute Gasteiger partial charge is 0.350 e. The van der Waals surface area contributed by atoms with Gasteiger partial charge in [0.25, 0.3) is 5.95 Å². The Bertz CT molecular complexity index is 1270. The minimum Gasteiger partial charge on any atom is -0.350 e. The number of amides is 1. The number of aryl methyl sites for hydroxylation is 1. The van der Waals surface area contributed by atoms with Crippen LogP contribution in [-0.4, -0.2) is 32.7 Å². The van der Waals surface area contributed by atoms with Crippen molar-refractivity contribution >= 4 is 17.6 Å². The monoisotopic (exact) mass is 436 g/mol. The number of hydrogen-bond donors (Lipinski definition) is 1. The Balaban J connectivity index is 1.47. The number of rotatable bonds is 6. The molecule has 1 N–H and O–H groups in total. The van der Waals surface area contributed by atoms with Crippen LogP contribution in [-0.2, 0) is 11.3 Å². The molecule has 3 aromatic carbocycles. The van der Waals surface area contributed by atoms with Gasteiger partial charge in [0, 0.05) is 6.54 Å². The topological polar surface area (TPSA) is 75.9 Å². The van der Waals surface area contributed by atoms with E-state index in [4.69, 9.17) is 0 Å². The molecular formula is C26H24N6O. The average Bonchev–Trinajstić information content (AvgIpc) is 3.35. The number of nitrogens with zero attached hydrogens (tertiary/aromatic N) is 5. The Kier molecular flexibility index (Phi) is 5.68. The number of hydrogen-bond acceptors (Lipinski definition) is 5. The van der Waals surface area contributed by atoms with Crippen molar-refractivity contribution < 1.29 is 4.79 Å². The lowest BCUT2D eigenvalue weighted by Gasteiger charge is -2.32. The van der Waals surface area contributed by atoms with E-state index in [2.05, 4.69) is 58.1 Å². The number of aromatic nitrogens is 4. The molecule has 7 nitrogen and oxygen atoms in total. The van der Waals surface area contributed by atoms with E-state index in [1.807, 2.05) is 65.6 Å². The number of carbonyl (C=O) groups excluding carboxylic acids is 1. The first kappa shape index (κ1) is 20.6. The summed E-state index contributed by atoms with van der Waals surface area (Å²) in [7, 11) is 0. The van der Waals surface area contributed by atoms with Crippen LogP contribution in [0.1, 0.15) is 28.3 Å². The highest BCUT2D eigenvalue weighted by molar-refractivity contribution is 5.89. The Morgan fingerprint density at radius 2 is 1.64 bits per heavy atom. The number of tetrazole rings is 1. The molecule has 1 aliphatic rings. The summed E-state index contributed by atoms with van der Waals surface area (Å²) in [6, 6.07) is 28.1. The van der Waals surface area contributed by atoms with E-state index in [9.17, 15) is 4.79 Å². The van der Waals surface area contributed by atoms with Crippen LogP contribution in [0.15, 0.2) is 91.0 Å². The molecule has 0 saturated heterocycles. The van der Waals surface area contributed by atoms with E-state index < -0.39 is 0 Å². The van der Waals surface area contributed by atoms with Gasteiger partial charge in [-0.3, -0.25) is 9.69 Å². The van der Waals surface area contributed by atoms with Gasteiger partial charge in [0.15, 0.2) is 0 Å². The SMILES string of the molecule is Cc1ccc([C@H]2C=C(c3ccccc3)N(CC(=O)NCc3ccccc3)c3nnnn32)cc1. The van der Waals surface area contributed by atoms with Crippen LogP contribution < -0.4 is 10.2 Å². The van der Waals surface area contributed by atoms with Crippen molar-refractivity contribution in [2.24, 2.45) is 0 Å². The molecule has 0 unspecified atom stereocenters. The van der Waals surface area contributed by atoms with E-state index in [0.717, 1.165) is 22.4 Å². The summed E-state index contributed by atoms with van der Waals surface area (Å²) >= 11 is 0. The molecule has 0 spiro atoms. The first-order chi connectivity index (χ1) is 16.2. The molecule has 1 amide bonds. The Morgan fingerprint density at radius 3 is 2.36 bits per heavy atom. The van der Waals surface area contributed by atoms with Crippen molar-refractivity contribution in [3.63, 3.8) is 0 Å². The van der Waals surface area contributed by atoms with Gasteiger partial charge in [0.05, 0.1) is 5.70 Å². The van der Waals surface area contributed by atoms with Gasteiger partial charge in [-0.15, -0.1) is 0 Å². The molecule has 5 rings (SSSR count). The summed E-state index contributed by atoms with van der Waals surface area (Å²) < 4.78 is 1.77. The van der Waals surface area contributed by atoms with Gasteiger partial charge in [-0.1, -0.05) is 95.6 Å². The maximum atomic E-state index is 12.9. The predicted molar refractivity (Wildman–Crippen MR) is 127 cm³/mol. The summed E-state index contributed by atoms with van der Waals surface area (Å²) in [5.41, 5.74) is 5.22. The maximum absolute atomic E-state index is 12.9. The van der Waals surface area contributed by atoms with Crippen molar-refractivity contribution in [2.45, 2.75) is 19.5 Å². The van der Waals surface area contributed by atoms with Gasteiger partial charge in [0.1, 0.15) is 12.6 Å². The van der Waals surface area contributed by atoms with Crippen molar-refractivity contribution in [3.8, 4) is 0 Å². The highest BCUT2D eigenvalue weighted by Gasteiger charge is 2.31. The van der Waals surface area contributed by atoms with E-state index in [0.29, 0.717) is 12.5 Å². The molecule has 164 valence electrons. The molecule has 0 aliphatic carbocycles. The summed E-state index contributed by atoms with van der Waals surface area (Å²) in [5, 5.41) is 15.5. The van der Waals surface area contributed by atoms with Crippen molar-refractivity contribution in [3.05, 3.63) is 113 Å². The van der Waals surface area contributed by atoms with Crippen LogP contribution in [0.5, 0.6) is 0 Å². The molecule has 0 radical (unpaired) electrons. The van der Waals surface area contributed by atoms with Gasteiger partial charge >= 0.3 is 0 Å². The third-order valence-electron chi connectivity index (χ3n) is 5.71. The van der Waals surface area contributed by atoms with Crippen LogP contribution in [0.3, 0.4) is 0 Å². The second-order valence-corrected chi connectivity index (χ2v) is 8.05. The minimum atomic E-state index is -0.172. The molecule has 2 heterocycles. The molecule has 1 atom stereocenters. The normalized spacial score (nSPS) is 15.0. The highest BCUT2D eigenvalue weighted by atomic mass is 16.2. The first-order valence-electron chi connectivity index (χ1n) is 10.9. The fourth-order valence-corrected chi connectivity index (χ4v) is 3.98. The van der Waals surface area contributed by atoms with Gasteiger partial charge in [-0.2, -0.15) is 4.68 Å². The zero-order valence-corrected chi connectivity index (χ0v) is 18.3. The van der Waals surface area contributed by atoms with E-state index in [1.165, 1.54) is 5.56 Å². The molecular weight excluding hydrogens is 412 g/mol. The Morgan fingerprint density at radius 1 is 0.939 bits per heavy atom. The van der Waals surface area contributed by atoms with Crippen LogP contribution in [0.25, 0.3) is 5.70 Å². The van der Waals surface area contributed by atoms with E-state index >= 15 is 0 Å². The third-order valence-corrected chi connectivity index (χ3v) is 5.71. The average molecular weight is 437 g/mol. The van der Waals surface area contributed by atoms with E-state index in [-0.39, 0.29) is 18.5 Å².